The molecule has 4 rings (SSSR count). The lowest BCUT2D eigenvalue weighted by Gasteiger charge is -2.27. The molecule has 2 fully saturated rings. The van der Waals surface area contributed by atoms with Gasteiger partial charge >= 0.3 is 0 Å². The number of alkyl halides is 2. The Morgan fingerprint density at radius 3 is 1.92 bits per heavy atom. The number of halogens is 4. The van der Waals surface area contributed by atoms with Crippen LogP contribution in [0.15, 0.2) is 36.4 Å². The number of rotatable bonds is 7. The minimum Gasteiger partial charge on any atom is -0.494 e. The zero-order valence-corrected chi connectivity index (χ0v) is 21.7. The molecule has 0 saturated heterocycles. The largest absolute Gasteiger partial charge is 0.494 e. The zero-order chi connectivity index (χ0) is 26.4. The first kappa shape index (κ1) is 27.4. The average molecular weight is 517 g/mol. The van der Waals surface area contributed by atoms with Crippen LogP contribution in [0.5, 0.6) is 11.5 Å². The molecule has 0 radical (unpaired) electrons. The van der Waals surface area contributed by atoms with Crippen LogP contribution in [0.25, 0.3) is 0 Å². The van der Waals surface area contributed by atoms with Crippen molar-refractivity contribution in [3.8, 4) is 23.3 Å². The van der Waals surface area contributed by atoms with E-state index < -0.39 is 36.3 Å². The van der Waals surface area contributed by atoms with Crippen LogP contribution in [0.3, 0.4) is 0 Å². The zero-order valence-electron chi connectivity index (χ0n) is 21.7. The fraction of sp³-hybridized carbons (Fsp3) is 0.548. The van der Waals surface area contributed by atoms with Gasteiger partial charge in [0.2, 0.25) is 11.6 Å². The Kier molecular flexibility index (Phi) is 9.05. The minimum absolute atomic E-state index is 0.313. The summed E-state index contributed by atoms with van der Waals surface area (Å²) in [7, 11) is 1.19. The summed E-state index contributed by atoms with van der Waals surface area (Å²) >= 11 is 0. The first-order valence-corrected chi connectivity index (χ1v) is 13.4. The lowest BCUT2D eigenvalue weighted by atomic mass is 9.78. The summed E-state index contributed by atoms with van der Waals surface area (Å²) < 4.78 is 66.4. The van der Waals surface area contributed by atoms with Crippen LogP contribution in [0.4, 0.5) is 17.6 Å². The Balaban J connectivity index is 1.25. The quantitative estimate of drug-likeness (QED) is 0.272. The molecule has 0 unspecified atom stereocenters. The van der Waals surface area contributed by atoms with E-state index >= 15 is 0 Å². The van der Waals surface area contributed by atoms with Crippen molar-refractivity contribution in [2.24, 2.45) is 17.8 Å². The van der Waals surface area contributed by atoms with Crippen LogP contribution in [0, 0.1) is 41.2 Å². The van der Waals surface area contributed by atoms with Crippen molar-refractivity contribution < 1.29 is 27.0 Å². The van der Waals surface area contributed by atoms with Gasteiger partial charge in [0.1, 0.15) is 0 Å². The van der Waals surface area contributed by atoms with Crippen LogP contribution in [0.2, 0.25) is 0 Å². The molecule has 2 nitrogen and oxygen atoms in total. The summed E-state index contributed by atoms with van der Waals surface area (Å²) in [5.74, 6) is 2.69. The molecule has 37 heavy (non-hydrogen) atoms. The first-order chi connectivity index (χ1) is 17.7. The van der Waals surface area contributed by atoms with Crippen molar-refractivity contribution in [3.63, 3.8) is 0 Å². The van der Waals surface area contributed by atoms with E-state index in [4.69, 9.17) is 4.74 Å². The van der Waals surface area contributed by atoms with E-state index in [1.807, 2.05) is 12.1 Å². The highest BCUT2D eigenvalue weighted by Gasteiger charge is 2.32. The highest BCUT2D eigenvalue weighted by molar-refractivity contribution is 5.35. The van der Waals surface area contributed by atoms with Gasteiger partial charge < -0.3 is 9.47 Å². The van der Waals surface area contributed by atoms with Gasteiger partial charge in [0.15, 0.2) is 18.1 Å². The van der Waals surface area contributed by atoms with Gasteiger partial charge in [0.25, 0.3) is 5.92 Å². The van der Waals surface area contributed by atoms with Crippen molar-refractivity contribution >= 4 is 0 Å². The van der Waals surface area contributed by atoms with Crippen molar-refractivity contribution in [1.29, 1.82) is 0 Å². The molecule has 0 heterocycles. The second kappa shape index (κ2) is 12.2. The van der Waals surface area contributed by atoms with E-state index in [0.29, 0.717) is 23.3 Å². The molecule has 0 aromatic heterocycles. The SMILES string of the molecule is COc1ccc(OCC(F)(F)Cc2ccc(C3CCC(C#CC4CCC(C)CC4)CC3)cc2)c(F)c1F. The molecular formula is C31H36F4O2. The molecule has 0 N–H and O–H groups in total. The number of hydrogen-bond donors (Lipinski definition) is 0. The molecular weight excluding hydrogens is 480 g/mol. The Morgan fingerprint density at radius 1 is 0.784 bits per heavy atom. The van der Waals surface area contributed by atoms with Crippen LogP contribution in [0.1, 0.15) is 75.3 Å². The molecule has 0 atom stereocenters. The predicted octanol–water partition coefficient (Wildman–Crippen LogP) is 8.33. The average Bonchev–Trinajstić information content (AvgIpc) is 2.90. The van der Waals surface area contributed by atoms with E-state index in [1.54, 1.807) is 12.1 Å². The fourth-order valence-electron chi connectivity index (χ4n) is 5.44. The Morgan fingerprint density at radius 2 is 1.32 bits per heavy atom. The third-order valence-corrected chi connectivity index (χ3v) is 7.82. The van der Waals surface area contributed by atoms with Crippen molar-refractivity contribution in [1.82, 2.24) is 0 Å². The second-order valence-corrected chi connectivity index (χ2v) is 10.8. The van der Waals surface area contributed by atoms with Gasteiger partial charge in [-0.2, -0.15) is 8.78 Å². The smallest absolute Gasteiger partial charge is 0.285 e. The van der Waals surface area contributed by atoms with Crippen molar-refractivity contribution in [2.75, 3.05) is 13.7 Å². The molecule has 0 spiro atoms. The Labute approximate surface area is 217 Å². The van der Waals surface area contributed by atoms with E-state index in [1.165, 1.54) is 38.4 Å². The lowest BCUT2D eigenvalue weighted by Crippen LogP contribution is -2.28. The van der Waals surface area contributed by atoms with Crippen molar-refractivity contribution in [2.45, 2.75) is 76.6 Å². The number of ether oxygens (including phenoxy) is 2. The highest BCUT2D eigenvalue weighted by atomic mass is 19.3. The number of methoxy groups -OCH3 is 1. The lowest BCUT2D eigenvalue weighted by molar-refractivity contribution is -0.0410. The Bertz CT molecular complexity index is 1090. The molecule has 200 valence electrons. The maximum Gasteiger partial charge on any atom is 0.285 e. The molecule has 2 aliphatic rings. The van der Waals surface area contributed by atoms with Crippen molar-refractivity contribution in [3.05, 3.63) is 59.2 Å². The van der Waals surface area contributed by atoms with Gasteiger partial charge in [-0.05, 0) is 86.5 Å². The van der Waals surface area contributed by atoms with E-state index in [-0.39, 0.29) is 5.75 Å². The van der Waals surface area contributed by atoms with E-state index in [2.05, 4.69) is 23.5 Å². The van der Waals surface area contributed by atoms with E-state index in [0.717, 1.165) is 43.7 Å². The summed E-state index contributed by atoms with van der Waals surface area (Å²) in [6.07, 6.45) is 8.81. The summed E-state index contributed by atoms with van der Waals surface area (Å²) in [6.45, 7) is 1.27. The fourth-order valence-corrected chi connectivity index (χ4v) is 5.44. The topological polar surface area (TPSA) is 18.5 Å². The molecule has 0 amide bonds. The monoisotopic (exact) mass is 516 g/mol. The summed E-state index contributed by atoms with van der Waals surface area (Å²) in [5, 5.41) is 0. The first-order valence-electron chi connectivity index (χ1n) is 13.4. The molecule has 2 aliphatic carbocycles. The third kappa shape index (κ3) is 7.43. The molecule has 2 aromatic carbocycles. The maximum absolute atomic E-state index is 14.5. The molecule has 0 aliphatic heterocycles. The van der Waals surface area contributed by atoms with Crippen LogP contribution in [-0.2, 0) is 6.42 Å². The second-order valence-electron chi connectivity index (χ2n) is 10.8. The summed E-state index contributed by atoms with van der Waals surface area (Å²) in [5.41, 5.74) is 1.65. The standard InChI is InChI=1S/C31H36F4O2/c1-21-3-5-22(6-4-21)7-8-23-9-13-25(14-10-23)26-15-11-24(12-16-26)19-31(34,35)20-37-28-18-17-27(36-2)29(32)30(28)33/h11-12,15-18,21-23,25H,3-6,9-10,13-14,19-20H2,1-2H3. The normalized spacial score (nSPS) is 24.2. The van der Waals surface area contributed by atoms with Gasteiger partial charge in [-0.3, -0.25) is 0 Å². The molecule has 2 saturated carbocycles. The maximum atomic E-state index is 14.5. The summed E-state index contributed by atoms with van der Waals surface area (Å²) in [6, 6.07) is 9.55. The Hall–Kier alpha value is -2.68. The van der Waals surface area contributed by atoms with E-state index in [9.17, 15) is 17.6 Å². The summed E-state index contributed by atoms with van der Waals surface area (Å²) in [4.78, 5) is 0. The molecule has 0 bridgehead atoms. The van der Waals surface area contributed by atoms with Gasteiger partial charge in [-0.25, -0.2) is 8.78 Å². The van der Waals surface area contributed by atoms with Gasteiger partial charge in [-0.1, -0.05) is 43.0 Å². The van der Waals surface area contributed by atoms with Crippen LogP contribution < -0.4 is 9.47 Å². The predicted molar refractivity (Wildman–Crippen MR) is 137 cm³/mol. The number of benzene rings is 2. The minimum atomic E-state index is -3.24. The van der Waals surface area contributed by atoms with Crippen LogP contribution >= 0.6 is 0 Å². The molecule has 6 heteroatoms. The van der Waals surface area contributed by atoms with Gasteiger partial charge in [0.05, 0.1) is 7.11 Å². The van der Waals surface area contributed by atoms with Crippen LogP contribution in [-0.4, -0.2) is 19.6 Å². The molecule has 2 aromatic rings. The number of hydrogen-bond acceptors (Lipinski definition) is 2. The van der Waals surface area contributed by atoms with Gasteiger partial charge in [-0.15, -0.1) is 0 Å². The van der Waals surface area contributed by atoms with Gasteiger partial charge in [0, 0.05) is 18.3 Å². The third-order valence-electron chi connectivity index (χ3n) is 7.82. The highest BCUT2D eigenvalue weighted by Crippen LogP contribution is 2.36.